The third-order valence-electron chi connectivity index (χ3n) is 3.03. The largest absolute Gasteiger partial charge is 0.493 e. The van der Waals surface area contributed by atoms with Gasteiger partial charge in [0, 0.05) is 17.7 Å². The van der Waals surface area contributed by atoms with Crippen LogP contribution in [0.5, 0.6) is 5.75 Å². The number of alkyl halides is 1. The second kappa shape index (κ2) is 4.76. The SMILES string of the molecule is N#CCC1(COc2ccc(CCl)cc2)CC1. The lowest BCUT2D eigenvalue weighted by molar-refractivity contribution is 0.237. The maximum atomic E-state index is 8.69. The molecule has 2 rings (SSSR count). The Labute approximate surface area is 101 Å². The predicted molar refractivity (Wildman–Crippen MR) is 63.4 cm³/mol. The molecule has 0 unspecified atom stereocenters. The minimum atomic E-state index is 0.139. The van der Waals surface area contributed by atoms with E-state index < -0.39 is 0 Å². The van der Waals surface area contributed by atoms with Crippen LogP contribution in [-0.2, 0) is 5.88 Å². The fourth-order valence-electron chi connectivity index (χ4n) is 1.63. The smallest absolute Gasteiger partial charge is 0.119 e. The van der Waals surface area contributed by atoms with Gasteiger partial charge in [-0.2, -0.15) is 5.26 Å². The standard InChI is InChI=1S/C13H14ClNO/c14-9-11-1-3-12(4-2-11)16-10-13(5-6-13)7-8-15/h1-4H,5-7,9-10H2. The Morgan fingerprint density at radius 2 is 2.00 bits per heavy atom. The summed E-state index contributed by atoms with van der Waals surface area (Å²) in [7, 11) is 0. The van der Waals surface area contributed by atoms with E-state index in [1.165, 1.54) is 0 Å². The van der Waals surface area contributed by atoms with Crippen LogP contribution in [0.1, 0.15) is 24.8 Å². The van der Waals surface area contributed by atoms with Crippen molar-refractivity contribution in [2.75, 3.05) is 6.61 Å². The van der Waals surface area contributed by atoms with Crippen molar-refractivity contribution in [2.45, 2.75) is 25.1 Å². The Morgan fingerprint density at radius 1 is 1.31 bits per heavy atom. The Hall–Kier alpha value is -1.20. The summed E-state index contributed by atoms with van der Waals surface area (Å²) in [6, 6.07) is 10.0. The van der Waals surface area contributed by atoms with Gasteiger partial charge in [-0.15, -0.1) is 11.6 Å². The monoisotopic (exact) mass is 235 g/mol. The minimum Gasteiger partial charge on any atom is -0.493 e. The van der Waals surface area contributed by atoms with Gasteiger partial charge in [-0.25, -0.2) is 0 Å². The van der Waals surface area contributed by atoms with E-state index in [1.54, 1.807) is 0 Å². The molecule has 3 heteroatoms. The van der Waals surface area contributed by atoms with Crippen molar-refractivity contribution < 1.29 is 4.74 Å². The Morgan fingerprint density at radius 3 is 2.50 bits per heavy atom. The number of halogens is 1. The molecule has 0 saturated heterocycles. The van der Waals surface area contributed by atoms with E-state index in [1.807, 2.05) is 24.3 Å². The van der Waals surface area contributed by atoms with Crippen LogP contribution in [0, 0.1) is 16.7 Å². The molecular formula is C13H14ClNO. The van der Waals surface area contributed by atoms with Crippen molar-refractivity contribution >= 4 is 11.6 Å². The fraction of sp³-hybridized carbons (Fsp3) is 0.462. The predicted octanol–water partition coefficient (Wildman–Crippen LogP) is 3.50. The van der Waals surface area contributed by atoms with E-state index in [9.17, 15) is 0 Å². The van der Waals surface area contributed by atoms with E-state index in [0.717, 1.165) is 24.2 Å². The summed E-state index contributed by atoms with van der Waals surface area (Å²) < 4.78 is 5.69. The van der Waals surface area contributed by atoms with Crippen LogP contribution in [0.15, 0.2) is 24.3 Å². The topological polar surface area (TPSA) is 33.0 Å². The van der Waals surface area contributed by atoms with Crippen LogP contribution in [-0.4, -0.2) is 6.61 Å². The molecule has 2 nitrogen and oxygen atoms in total. The van der Waals surface area contributed by atoms with Crippen molar-refractivity contribution in [3.05, 3.63) is 29.8 Å². The van der Waals surface area contributed by atoms with Crippen LogP contribution in [0.4, 0.5) is 0 Å². The first kappa shape index (κ1) is 11.3. The van der Waals surface area contributed by atoms with Gasteiger partial charge in [-0.1, -0.05) is 12.1 Å². The zero-order valence-electron chi connectivity index (χ0n) is 9.08. The lowest BCUT2D eigenvalue weighted by atomic mass is 10.1. The molecular weight excluding hydrogens is 222 g/mol. The number of nitrogens with zero attached hydrogens (tertiary/aromatic N) is 1. The van der Waals surface area contributed by atoms with E-state index in [2.05, 4.69) is 6.07 Å². The summed E-state index contributed by atoms with van der Waals surface area (Å²) in [6.45, 7) is 0.654. The van der Waals surface area contributed by atoms with Crippen molar-refractivity contribution in [3.63, 3.8) is 0 Å². The molecule has 0 radical (unpaired) electrons. The lowest BCUT2D eigenvalue weighted by Gasteiger charge is -2.12. The first-order valence-corrected chi connectivity index (χ1v) is 5.96. The molecule has 0 atom stereocenters. The average Bonchev–Trinajstić information content (AvgIpc) is 3.08. The highest BCUT2D eigenvalue weighted by molar-refractivity contribution is 6.17. The second-order valence-corrected chi connectivity index (χ2v) is 4.67. The van der Waals surface area contributed by atoms with Gasteiger partial charge in [0.25, 0.3) is 0 Å². The van der Waals surface area contributed by atoms with Gasteiger partial charge < -0.3 is 4.74 Å². The number of benzene rings is 1. The first-order chi connectivity index (χ1) is 7.78. The second-order valence-electron chi connectivity index (χ2n) is 4.40. The van der Waals surface area contributed by atoms with E-state index in [4.69, 9.17) is 21.6 Å². The van der Waals surface area contributed by atoms with Gasteiger partial charge in [0.2, 0.25) is 0 Å². The summed E-state index contributed by atoms with van der Waals surface area (Å²) in [6.07, 6.45) is 2.83. The maximum absolute atomic E-state index is 8.69. The van der Waals surface area contributed by atoms with E-state index >= 15 is 0 Å². The molecule has 1 aromatic carbocycles. The maximum Gasteiger partial charge on any atom is 0.119 e. The number of hydrogen-bond acceptors (Lipinski definition) is 2. The molecule has 0 amide bonds. The third kappa shape index (κ3) is 2.68. The van der Waals surface area contributed by atoms with Crippen LogP contribution in [0.3, 0.4) is 0 Å². The Bertz CT molecular complexity index is 389. The van der Waals surface area contributed by atoms with Crippen LogP contribution in [0.25, 0.3) is 0 Å². The van der Waals surface area contributed by atoms with Gasteiger partial charge in [0.1, 0.15) is 5.75 Å². The molecule has 0 N–H and O–H groups in total. The summed E-state index contributed by atoms with van der Waals surface area (Å²) in [5.41, 5.74) is 1.23. The molecule has 84 valence electrons. The highest BCUT2D eigenvalue weighted by Gasteiger charge is 2.43. The summed E-state index contributed by atoms with van der Waals surface area (Å²) in [5, 5.41) is 8.69. The third-order valence-corrected chi connectivity index (χ3v) is 3.34. The van der Waals surface area contributed by atoms with Crippen LogP contribution >= 0.6 is 11.6 Å². The van der Waals surface area contributed by atoms with Crippen molar-refractivity contribution in [2.24, 2.45) is 5.41 Å². The normalized spacial score (nSPS) is 16.5. The first-order valence-electron chi connectivity index (χ1n) is 5.43. The molecule has 0 heterocycles. The van der Waals surface area contributed by atoms with Gasteiger partial charge >= 0.3 is 0 Å². The molecule has 0 spiro atoms. The molecule has 1 aliphatic carbocycles. The quantitative estimate of drug-likeness (QED) is 0.732. The Balaban J connectivity index is 1.88. The molecule has 1 saturated carbocycles. The van der Waals surface area contributed by atoms with Crippen molar-refractivity contribution in [1.82, 2.24) is 0 Å². The fourth-order valence-corrected chi connectivity index (χ4v) is 1.81. The lowest BCUT2D eigenvalue weighted by Crippen LogP contribution is -2.12. The van der Waals surface area contributed by atoms with Gasteiger partial charge in [0.05, 0.1) is 12.7 Å². The Kier molecular flexibility index (Phi) is 3.36. The number of rotatable bonds is 5. The van der Waals surface area contributed by atoms with Crippen molar-refractivity contribution in [1.29, 1.82) is 5.26 Å². The number of ether oxygens (including phenoxy) is 1. The summed E-state index contributed by atoms with van der Waals surface area (Å²) in [4.78, 5) is 0. The molecule has 0 bridgehead atoms. The average molecular weight is 236 g/mol. The minimum absolute atomic E-state index is 0.139. The molecule has 1 aliphatic rings. The van der Waals surface area contributed by atoms with E-state index in [-0.39, 0.29) is 5.41 Å². The van der Waals surface area contributed by atoms with Crippen molar-refractivity contribution in [3.8, 4) is 11.8 Å². The molecule has 0 aliphatic heterocycles. The highest BCUT2D eigenvalue weighted by Crippen LogP contribution is 2.48. The van der Waals surface area contributed by atoms with E-state index in [0.29, 0.717) is 18.9 Å². The summed E-state index contributed by atoms with van der Waals surface area (Å²) >= 11 is 5.70. The van der Waals surface area contributed by atoms with Gasteiger partial charge in [-0.3, -0.25) is 0 Å². The number of hydrogen-bond donors (Lipinski definition) is 0. The molecule has 1 aromatic rings. The van der Waals surface area contributed by atoms with Gasteiger partial charge in [0.15, 0.2) is 0 Å². The molecule has 1 fully saturated rings. The molecule has 0 aromatic heterocycles. The van der Waals surface area contributed by atoms with Crippen LogP contribution in [0.2, 0.25) is 0 Å². The molecule has 16 heavy (non-hydrogen) atoms. The highest BCUT2D eigenvalue weighted by atomic mass is 35.5. The zero-order valence-corrected chi connectivity index (χ0v) is 9.83. The van der Waals surface area contributed by atoms with Gasteiger partial charge in [-0.05, 0) is 30.5 Å². The number of nitriles is 1. The summed E-state index contributed by atoms with van der Waals surface area (Å²) in [5.74, 6) is 1.39. The van der Waals surface area contributed by atoms with Crippen LogP contribution < -0.4 is 4.74 Å². The zero-order chi connectivity index (χ0) is 11.4.